The van der Waals surface area contributed by atoms with E-state index in [-0.39, 0.29) is 5.95 Å². The molecule has 1 rings (SSSR count). The Bertz CT molecular complexity index is 383. The van der Waals surface area contributed by atoms with Crippen LogP contribution in [0.3, 0.4) is 0 Å². The first-order valence-electron chi connectivity index (χ1n) is 7.20. The van der Waals surface area contributed by atoms with Crippen molar-refractivity contribution in [3.8, 4) is 0 Å². The number of nitrogen functional groups attached to an aromatic ring is 1. The van der Waals surface area contributed by atoms with Crippen LogP contribution >= 0.6 is 0 Å². The van der Waals surface area contributed by atoms with Crippen LogP contribution in [0.5, 0.6) is 0 Å². The summed E-state index contributed by atoms with van der Waals surface area (Å²) >= 11 is 0. The first kappa shape index (κ1) is 16.4. The molecule has 0 unspecified atom stereocenters. The molecule has 1 aromatic rings. The van der Waals surface area contributed by atoms with Crippen LogP contribution in [0.25, 0.3) is 0 Å². The van der Waals surface area contributed by atoms with Crippen molar-refractivity contribution >= 4 is 17.8 Å². The van der Waals surface area contributed by atoms with Crippen molar-refractivity contribution in [3.05, 3.63) is 0 Å². The number of methoxy groups -OCH3 is 1. The van der Waals surface area contributed by atoms with Gasteiger partial charge in [-0.15, -0.1) is 0 Å². The Morgan fingerprint density at radius 2 is 1.85 bits per heavy atom. The van der Waals surface area contributed by atoms with Crippen LogP contribution in [0.4, 0.5) is 17.8 Å². The lowest BCUT2D eigenvalue weighted by atomic mass is 10.2. The van der Waals surface area contributed by atoms with Gasteiger partial charge in [0.15, 0.2) is 0 Å². The number of hydrogen-bond acceptors (Lipinski definition) is 7. The molecule has 7 heteroatoms. The molecule has 0 aliphatic rings. The summed E-state index contributed by atoms with van der Waals surface area (Å²) in [7, 11) is 1.72. The fraction of sp³-hybridized carbons (Fsp3) is 0.769. The molecule has 3 N–H and O–H groups in total. The zero-order valence-corrected chi connectivity index (χ0v) is 12.7. The average molecular weight is 282 g/mol. The predicted molar refractivity (Wildman–Crippen MR) is 82.0 cm³/mol. The number of aromatic nitrogens is 3. The fourth-order valence-corrected chi connectivity index (χ4v) is 1.86. The summed E-state index contributed by atoms with van der Waals surface area (Å²) < 4.78 is 5.01. The number of unbranched alkanes of at least 4 members (excludes halogenated alkanes) is 2. The van der Waals surface area contributed by atoms with Gasteiger partial charge < -0.3 is 20.7 Å². The molecule has 1 heterocycles. The summed E-state index contributed by atoms with van der Waals surface area (Å²) in [6, 6.07) is 0. The number of nitrogens with two attached hydrogens (primary N) is 1. The Balaban J connectivity index is 2.49. The van der Waals surface area contributed by atoms with E-state index in [9.17, 15) is 0 Å². The highest BCUT2D eigenvalue weighted by molar-refractivity contribution is 5.41. The highest BCUT2D eigenvalue weighted by Gasteiger charge is 2.09. The Kier molecular flexibility index (Phi) is 7.64. The molecule has 0 amide bonds. The van der Waals surface area contributed by atoms with Gasteiger partial charge in [0.05, 0.1) is 0 Å². The van der Waals surface area contributed by atoms with Gasteiger partial charge in [0, 0.05) is 33.4 Å². The van der Waals surface area contributed by atoms with E-state index in [1.54, 1.807) is 7.11 Å². The number of nitrogens with one attached hydrogen (secondary N) is 1. The molecular weight excluding hydrogens is 256 g/mol. The van der Waals surface area contributed by atoms with E-state index in [2.05, 4.69) is 34.1 Å². The molecule has 0 fully saturated rings. The second-order valence-electron chi connectivity index (χ2n) is 4.47. The Morgan fingerprint density at radius 1 is 1.10 bits per heavy atom. The lowest BCUT2D eigenvalue weighted by molar-refractivity contribution is 0.192. The van der Waals surface area contributed by atoms with Crippen molar-refractivity contribution in [1.82, 2.24) is 15.0 Å². The molecule has 1 aromatic heterocycles. The molecule has 20 heavy (non-hydrogen) atoms. The standard InChI is InChI=1S/C13H26N6O/c1-4-19(5-2)13-17-11(14)16-12(18-13)15-9-7-6-8-10-20-3/h4-10H2,1-3H3,(H3,14,15,16,17,18). The zero-order chi connectivity index (χ0) is 14.8. The summed E-state index contributed by atoms with van der Waals surface area (Å²) in [6.45, 7) is 7.45. The minimum Gasteiger partial charge on any atom is -0.385 e. The Morgan fingerprint density at radius 3 is 2.50 bits per heavy atom. The number of nitrogens with zero attached hydrogens (tertiary/aromatic N) is 4. The van der Waals surface area contributed by atoms with Crippen molar-refractivity contribution in [2.24, 2.45) is 0 Å². The molecule has 0 radical (unpaired) electrons. The van der Waals surface area contributed by atoms with Crippen molar-refractivity contribution in [2.45, 2.75) is 33.1 Å². The second kappa shape index (κ2) is 9.30. The highest BCUT2D eigenvalue weighted by atomic mass is 16.5. The number of rotatable bonds is 10. The van der Waals surface area contributed by atoms with Crippen LogP contribution in [-0.4, -0.2) is 48.3 Å². The van der Waals surface area contributed by atoms with Crippen LogP contribution in [0, 0.1) is 0 Å². The molecule has 7 nitrogen and oxygen atoms in total. The summed E-state index contributed by atoms with van der Waals surface area (Å²) in [5, 5.41) is 3.20. The second-order valence-corrected chi connectivity index (χ2v) is 4.47. The number of ether oxygens (including phenoxy) is 1. The minimum absolute atomic E-state index is 0.254. The van der Waals surface area contributed by atoms with Gasteiger partial charge in [-0.1, -0.05) is 0 Å². The van der Waals surface area contributed by atoms with Gasteiger partial charge in [-0.2, -0.15) is 15.0 Å². The topological polar surface area (TPSA) is 89.2 Å². The van der Waals surface area contributed by atoms with Gasteiger partial charge in [-0.05, 0) is 33.1 Å². The van der Waals surface area contributed by atoms with Crippen molar-refractivity contribution in [1.29, 1.82) is 0 Å². The fourth-order valence-electron chi connectivity index (χ4n) is 1.86. The molecule has 0 bridgehead atoms. The third-order valence-corrected chi connectivity index (χ3v) is 3.00. The summed E-state index contributed by atoms with van der Waals surface area (Å²) in [5.74, 6) is 1.43. The van der Waals surface area contributed by atoms with Crippen molar-refractivity contribution in [2.75, 3.05) is 49.3 Å². The van der Waals surface area contributed by atoms with E-state index in [0.717, 1.165) is 45.5 Å². The zero-order valence-electron chi connectivity index (χ0n) is 12.7. The van der Waals surface area contributed by atoms with Crippen LogP contribution in [0.15, 0.2) is 0 Å². The SMILES string of the molecule is CCN(CC)c1nc(N)nc(NCCCCCOC)n1. The predicted octanol–water partition coefficient (Wildman–Crippen LogP) is 1.53. The molecular formula is C13H26N6O. The van der Waals surface area contributed by atoms with E-state index >= 15 is 0 Å². The van der Waals surface area contributed by atoms with Crippen LogP contribution < -0.4 is 16.0 Å². The molecule has 0 spiro atoms. The molecule has 0 aliphatic heterocycles. The third-order valence-electron chi connectivity index (χ3n) is 3.00. The quantitative estimate of drug-likeness (QED) is 0.629. The maximum Gasteiger partial charge on any atom is 0.231 e. The summed E-state index contributed by atoms with van der Waals surface area (Å²) in [5.41, 5.74) is 5.73. The van der Waals surface area contributed by atoms with Gasteiger partial charge in [0.25, 0.3) is 0 Å². The first-order valence-corrected chi connectivity index (χ1v) is 7.20. The monoisotopic (exact) mass is 282 g/mol. The maximum atomic E-state index is 5.73. The Labute approximate surface area is 121 Å². The normalized spacial score (nSPS) is 10.6. The lowest BCUT2D eigenvalue weighted by Gasteiger charge is -2.19. The molecule has 114 valence electrons. The lowest BCUT2D eigenvalue weighted by Crippen LogP contribution is -2.25. The van der Waals surface area contributed by atoms with E-state index in [0.29, 0.717) is 11.9 Å². The van der Waals surface area contributed by atoms with Gasteiger partial charge in [-0.25, -0.2) is 0 Å². The van der Waals surface area contributed by atoms with E-state index < -0.39 is 0 Å². The molecule has 0 saturated carbocycles. The Hall–Kier alpha value is -1.63. The van der Waals surface area contributed by atoms with Crippen molar-refractivity contribution in [3.63, 3.8) is 0 Å². The molecule has 0 aromatic carbocycles. The molecule has 0 atom stereocenters. The van der Waals surface area contributed by atoms with Gasteiger partial charge >= 0.3 is 0 Å². The van der Waals surface area contributed by atoms with E-state index in [4.69, 9.17) is 10.5 Å². The van der Waals surface area contributed by atoms with E-state index in [1.165, 1.54) is 0 Å². The van der Waals surface area contributed by atoms with Gasteiger partial charge in [0.2, 0.25) is 17.8 Å². The highest BCUT2D eigenvalue weighted by Crippen LogP contribution is 2.11. The van der Waals surface area contributed by atoms with E-state index in [1.807, 2.05) is 4.90 Å². The first-order chi connectivity index (χ1) is 9.71. The minimum atomic E-state index is 0.254. The van der Waals surface area contributed by atoms with Crippen LogP contribution in [-0.2, 0) is 4.74 Å². The number of hydrogen-bond donors (Lipinski definition) is 2. The van der Waals surface area contributed by atoms with Crippen LogP contribution in [0.1, 0.15) is 33.1 Å². The van der Waals surface area contributed by atoms with Crippen LogP contribution in [0.2, 0.25) is 0 Å². The summed E-state index contributed by atoms with van der Waals surface area (Å²) in [6.07, 6.45) is 3.24. The maximum absolute atomic E-state index is 5.73. The number of anilines is 3. The smallest absolute Gasteiger partial charge is 0.231 e. The molecule has 0 saturated heterocycles. The van der Waals surface area contributed by atoms with Gasteiger partial charge in [0.1, 0.15) is 0 Å². The summed E-state index contributed by atoms with van der Waals surface area (Å²) in [4.78, 5) is 14.7. The molecule has 0 aliphatic carbocycles. The van der Waals surface area contributed by atoms with Crippen molar-refractivity contribution < 1.29 is 4.74 Å². The largest absolute Gasteiger partial charge is 0.385 e. The average Bonchev–Trinajstić information content (AvgIpc) is 2.43. The van der Waals surface area contributed by atoms with Gasteiger partial charge in [-0.3, -0.25) is 0 Å². The third kappa shape index (κ3) is 5.56.